The minimum atomic E-state index is -3.51. The average molecular weight is 412 g/mol. The normalized spacial score (nSPS) is 15.8. The molecule has 2 aromatic rings. The Morgan fingerprint density at radius 3 is 2.63 bits per heavy atom. The fourth-order valence-corrected chi connectivity index (χ4v) is 4.75. The van der Waals surface area contributed by atoms with E-state index in [-0.39, 0.29) is 18.2 Å². The first-order chi connectivity index (χ1) is 12.9. The highest BCUT2D eigenvalue weighted by Gasteiger charge is 2.22. The lowest BCUT2D eigenvalue weighted by Gasteiger charge is -2.34. The van der Waals surface area contributed by atoms with Crippen molar-refractivity contribution in [3.8, 4) is 0 Å². The van der Waals surface area contributed by atoms with E-state index < -0.39 is 15.8 Å². The Kier molecular flexibility index (Phi) is 6.59. The van der Waals surface area contributed by atoms with Gasteiger partial charge in [-0.05, 0) is 29.1 Å². The van der Waals surface area contributed by atoms with Crippen molar-refractivity contribution in [3.63, 3.8) is 0 Å². The zero-order valence-electron chi connectivity index (χ0n) is 14.8. The summed E-state index contributed by atoms with van der Waals surface area (Å²) in [4.78, 5) is 16.3. The van der Waals surface area contributed by atoms with Gasteiger partial charge in [-0.2, -0.15) is 11.3 Å². The number of carbonyl (C=O) groups excluding carboxylic acids is 1. The highest BCUT2D eigenvalue weighted by molar-refractivity contribution is 7.88. The SMILES string of the molecule is O=C(c1ccsc1)N1CCN(CCNS(=O)(=O)Cc2cccc(F)c2)CC1. The molecule has 0 unspecified atom stereocenters. The highest BCUT2D eigenvalue weighted by atomic mass is 32.2. The van der Waals surface area contributed by atoms with Crippen molar-refractivity contribution in [3.05, 3.63) is 58.0 Å². The van der Waals surface area contributed by atoms with E-state index in [1.54, 1.807) is 6.07 Å². The summed E-state index contributed by atoms with van der Waals surface area (Å²) in [6.07, 6.45) is 0. The number of hydrogen-bond acceptors (Lipinski definition) is 5. The number of amides is 1. The first-order valence-electron chi connectivity index (χ1n) is 8.68. The topological polar surface area (TPSA) is 69.7 Å². The molecule has 1 amide bonds. The Morgan fingerprint density at radius 2 is 1.96 bits per heavy atom. The van der Waals surface area contributed by atoms with E-state index in [0.29, 0.717) is 38.3 Å². The molecular weight excluding hydrogens is 389 g/mol. The molecule has 0 radical (unpaired) electrons. The number of sulfonamides is 1. The molecule has 0 spiro atoms. The van der Waals surface area contributed by atoms with Crippen LogP contribution in [0.4, 0.5) is 4.39 Å². The molecule has 0 saturated carbocycles. The van der Waals surface area contributed by atoms with Crippen molar-refractivity contribution in [2.45, 2.75) is 5.75 Å². The third-order valence-electron chi connectivity index (χ3n) is 4.42. The van der Waals surface area contributed by atoms with Gasteiger partial charge in [-0.25, -0.2) is 17.5 Å². The summed E-state index contributed by atoms with van der Waals surface area (Å²) in [5, 5.41) is 3.74. The Hall–Kier alpha value is -1.81. The Balaban J connectivity index is 1.40. The summed E-state index contributed by atoms with van der Waals surface area (Å²) in [5.74, 6) is -0.641. The van der Waals surface area contributed by atoms with Gasteiger partial charge >= 0.3 is 0 Å². The van der Waals surface area contributed by atoms with Gasteiger partial charge in [-0.3, -0.25) is 9.69 Å². The van der Waals surface area contributed by atoms with Crippen LogP contribution in [-0.2, 0) is 15.8 Å². The van der Waals surface area contributed by atoms with Crippen molar-refractivity contribution in [1.29, 1.82) is 0 Å². The van der Waals surface area contributed by atoms with Crippen LogP contribution in [0.15, 0.2) is 41.1 Å². The zero-order valence-corrected chi connectivity index (χ0v) is 16.4. The molecule has 0 bridgehead atoms. The van der Waals surface area contributed by atoms with E-state index in [1.807, 2.05) is 21.7 Å². The molecule has 1 aromatic carbocycles. The molecule has 27 heavy (non-hydrogen) atoms. The second-order valence-electron chi connectivity index (χ2n) is 6.43. The molecule has 9 heteroatoms. The number of hydrogen-bond donors (Lipinski definition) is 1. The minimum absolute atomic E-state index is 0.0479. The van der Waals surface area contributed by atoms with Gasteiger partial charge in [-0.1, -0.05) is 12.1 Å². The van der Waals surface area contributed by atoms with Crippen LogP contribution in [0.2, 0.25) is 0 Å². The fraction of sp³-hybridized carbons (Fsp3) is 0.389. The molecule has 1 N–H and O–H groups in total. The van der Waals surface area contributed by atoms with E-state index >= 15 is 0 Å². The lowest BCUT2D eigenvalue weighted by Crippen LogP contribution is -2.50. The molecule has 3 rings (SSSR count). The van der Waals surface area contributed by atoms with E-state index in [9.17, 15) is 17.6 Å². The number of nitrogens with one attached hydrogen (secondary N) is 1. The van der Waals surface area contributed by atoms with Crippen molar-refractivity contribution >= 4 is 27.3 Å². The lowest BCUT2D eigenvalue weighted by molar-refractivity contribution is 0.0640. The van der Waals surface area contributed by atoms with Gasteiger partial charge in [0.1, 0.15) is 5.82 Å². The number of carbonyl (C=O) groups is 1. The molecule has 2 heterocycles. The summed E-state index contributed by atoms with van der Waals surface area (Å²) in [6.45, 7) is 3.54. The number of rotatable bonds is 7. The van der Waals surface area contributed by atoms with Gasteiger partial charge in [0.05, 0.1) is 11.3 Å². The predicted octanol–water partition coefficient (Wildman–Crippen LogP) is 1.76. The van der Waals surface area contributed by atoms with Gasteiger partial charge in [-0.15, -0.1) is 0 Å². The molecule has 0 aliphatic carbocycles. The molecule has 1 fully saturated rings. The number of halogens is 1. The van der Waals surface area contributed by atoms with Gasteiger partial charge in [0, 0.05) is 44.6 Å². The number of nitrogens with zero attached hydrogens (tertiary/aromatic N) is 2. The molecule has 6 nitrogen and oxygen atoms in total. The van der Waals surface area contributed by atoms with Crippen LogP contribution in [0, 0.1) is 5.82 Å². The van der Waals surface area contributed by atoms with Crippen molar-refractivity contribution in [1.82, 2.24) is 14.5 Å². The minimum Gasteiger partial charge on any atom is -0.336 e. The van der Waals surface area contributed by atoms with Crippen LogP contribution in [-0.4, -0.2) is 63.4 Å². The van der Waals surface area contributed by atoms with Crippen molar-refractivity contribution < 1.29 is 17.6 Å². The Labute approximate surface area is 162 Å². The Morgan fingerprint density at radius 1 is 1.19 bits per heavy atom. The maximum absolute atomic E-state index is 13.2. The number of benzene rings is 1. The summed E-state index contributed by atoms with van der Waals surface area (Å²) < 4.78 is 40.0. The largest absolute Gasteiger partial charge is 0.336 e. The lowest BCUT2D eigenvalue weighted by atomic mass is 10.2. The van der Waals surface area contributed by atoms with Gasteiger partial charge in [0.15, 0.2) is 0 Å². The van der Waals surface area contributed by atoms with Crippen LogP contribution in [0.1, 0.15) is 15.9 Å². The zero-order chi connectivity index (χ0) is 19.3. The first kappa shape index (κ1) is 19.9. The Bertz CT molecular complexity index is 864. The number of piperazine rings is 1. The van der Waals surface area contributed by atoms with Crippen LogP contribution in [0.5, 0.6) is 0 Å². The summed E-state index contributed by atoms with van der Waals surface area (Å²) in [5.41, 5.74) is 1.14. The van der Waals surface area contributed by atoms with Gasteiger partial charge < -0.3 is 4.90 Å². The molecule has 1 saturated heterocycles. The molecule has 1 aliphatic rings. The summed E-state index contributed by atoms with van der Waals surface area (Å²) in [6, 6.07) is 7.42. The van der Waals surface area contributed by atoms with E-state index in [2.05, 4.69) is 9.62 Å². The monoisotopic (exact) mass is 411 g/mol. The van der Waals surface area contributed by atoms with Crippen LogP contribution in [0.3, 0.4) is 0 Å². The van der Waals surface area contributed by atoms with Crippen LogP contribution < -0.4 is 4.72 Å². The van der Waals surface area contributed by atoms with Crippen molar-refractivity contribution in [2.24, 2.45) is 0 Å². The average Bonchev–Trinajstić information content (AvgIpc) is 3.16. The summed E-state index contributed by atoms with van der Waals surface area (Å²) in [7, 11) is -3.51. The molecule has 0 atom stereocenters. The molecule has 1 aliphatic heterocycles. The second-order valence-corrected chi connectivity index (χ2v) is 9.02. The van der Waals surface area contributed by atoms with E-state index in [1.165, 1.54) is 29.5 Å². The predicted molar refractivity (Wildman–Crippen MR) is 104 cm³/mol. The van der Waals surface area contributed by atoms with Gasteiger partial charge in [0.2, 0.25) is 10.0 Å². The van der Waals surface area contributed by atoms with Crippen molar-refractivity contribution in [2.75, 3.05) is 39.3 Å². The third kappa shape index (κ3) is 5.83. The number of thiophene rings is 1. The highest BCUT2D eigenvalue weighted by Crippen LogP contribution is 2.12. The summed E-state index contributed by atoms with van der Waals surface area (Å²) >= 11 is 1.50. The fourth-order valence-electron chi connectivity index (χ4n) is 3.00. The maximum atomic E-state index is 13.2. The van der Waals surface area contributed by atoms with E-state index in [4.69, 9.17) is 0 Å². The third-order valence-corrected chi connectivity index (χ3v) is 6.46. The smallest absolute Gasteiger partial charge is 0.254 e. The maximum Gasteiger partial charge on any atom is 0.254 e. The van der Waals surface area contributed by atoms with Crippen LogP contribution in [0.25, 0.3) is 0 Å². The van der Waals surface area contributed by atoms with E-state index in [0.717, 1.165) is 5.56 Å². The molecule has 146 valence electrons. The molecular formula is C18H22FN3O3S2. The second kappa shape index (κ2) is 8.92. The first-order valence-corrected chi connectivity index (χ1v) is 11.3. The standard InChI is InChI=1S/C18H22FN3O3S2/c19-17-3-1-2-15(12-17)14-27(24,25)20-5-6-21-7-9-22(10-8-21)18(23)16-4-11-26-13-16/h1-4,11-13,20H,5-10,14H2. The van der Waals surface area contributed by atoms with Crippen LogP contribution >= 0.6 is 11.3 Å². The molecule has 1 aromatic heterocycles. The van der Waals surface area contributed by atoms with Gasteiger partial charge in [0.25, 0.3) is 5.91 Å². The quantitative estimate of drug-likeness (QED) is 0.754.